The standard InChI is InChI=1S/C17H29NO/c1-4-12-18-15(2)14-16(3)19-13-8-11-17-9-6-5-7-10-17/h5-7,9-10,15-16,18H,4,8,11-14H2,1-3H3. The SMILES string of the molecule is CCCNC(C)CC(C)OCCCc1ccccc1. The Morgan fingerprint density at radius 2 is 1.89 bits per heavy atom. The molecule has 1 aromatic rings. The van der Waals surface area contributed by atoms with Crippen LogP contribution in [0.5, 0.6) is 0 Å². The molecule has 1 rings (SSSR count). The summed E-state index contributed by atoms with van der Waals surface area (Å²) in [5, 5.41) is 3.50. The Morgan fingerprint density at radius 3 is 2.58 bits per heavy atom. The summed E-state index contributed by atoms with van der Waals surface area (Å²) in [6.07, 6.45) is 4.83. The average molecular weight is 263 g/mol. The molecule has 108 valence electrons. The molecule has 0 bridgehead atoms. The van der Waals surface area contributed by atoms with E-state index < -0.39 is 0 Å². The first-order chi connectivity index (χ1) is 9.22. The molecule has 0 aromatic heterocycles. The van der Waals surface area contributed by atoms with Crippen molar-refractivity contribution in [2.24, 2.45) is 0 Å². The molecule has 1 aromatic carbocycles. The van der Waals surface area contributed by atoms with Crippen molar-refractivity contribution >= 4 is 0 Å². The summed E-state index contributed by atoms with van der Waals surface area (Å²) in [5.41, 5.74) is 1.40. The van der Waals surface area contributed by atoms with E-state index in [1.807, 2.05) is 0 Å². The highest BCUT2D eigenvalue weighted by Crippen LogP contribution is 2.06. The third-order valence-electron chi connectivity index (χ3n) is 3.28. The summed E-state index contributed by atoms with van der Waals surface area (Å²) in [6, 6.07) is 11.2. The molecule has 2 atom stereocenters. The van der Waals surface area contributed by atoms with E-state index in [0.29, 0.717) is 12.1 Å². The van der Waals surface area contributed by atoms with Crippen LogP contribution in [-0.4, -0.2) is 25.3 Å². The molecule has 0 fully saturated rings. The van der Waals surface area contributed by atoms with Crippen molar-refractivity contribution in [2.75, 3.05) is 13.2 Å². The number of hydrogen-bond donors (Lipinski definition) is 1. The van der Waals surface area contributed by atoms with E-state index in [0.717, 1.165) is 32.4 Å². The molecule has 2 nitrogen and oxygen atoms in total. The number of rotatable bonds is 10. The van der Waals surface area contributed by atoms with E-state index in [1.54, 1.807) is 0 Å². The van der Waals surface area contributed by atoms with Gasteiger partial charge in [-0.3, -0.25) is 0 Å². The van der Waals surface area contributed by atoms with Gasteiger partial charge >= 0.3 is 0 Å². The highest BCUT2D eigenvalue weighted by Gasteiger charge is 2.07. The molecule has 0 aliphatic rings. The van der Waals surface area contributed by atoms with Crippen LogP contribution in [0, 0.1) is 0 Å². The van der Waals surface area contributed by atoms with Gasteiger partial charge in [0.25, 0.3) is 0 Å². The van der Waals surface area contributed by atoms with Gasteiger partial charge in [0.05, 0.1) is 6.10 Å². The molecule has 0 heterocycles. The van der Waals surface area contributed by atoms with E-state index in [2.05, 4.69) is 56.4 Å². The van der Waals surface area contributed by atoms with Gasteiger partial charge in [0, 0.05) is 12.6 Å². The highest BCUT2D eigenvalue weighted by molar-refractivity contribution is 5.14. The number of aryl methyl sites for hydroxylation is 1. The Hall–Kier alpha value is -0.860. The molecule has 0 aliphatic carbocycles. The molecule has 0 saturated carbocycles. The fourth-order valence-electron chi connectivity index (χ4n) is 2.25. The summed E-state index contributed by atoms with van der Waals surface area (Å²) in [5.74, 6) is 0. The normalized spacial score (nSPS) is 14.3. The Morgan fingerprint density at radius 1 is 1.16 bits per heavy atom. The molecule has 2 unspecified atom stereocenters. The molecular weight excluding hydrogens is 234 g/mol. The van der Waals surface area contributed by atoms with E-state index >= 15 is 0 Å². The van der Waals surface area contributed by atoms with Crippen LogP contribution in [0.2, 0.25) is 0 Å². The Balaban J connectivity index is 2.05. The van der Waals surface area contributed by atoms with Crippen LogP contribution in [0.4, 0.5) is 0 Å². The third-order valence-corrected chi connectivity index (χ3v) is 3.28. The first-order valence-corrected chi connectivity index (χ1v) is 7.61. The predicted molar refractivity (Wildman–Crippen MR) is 82.5 cm³/mol. The van der Waals surface area contributed by atoms with Crippen molar-refractivity contribution in [3.05, 3.63) is 35.9 Å². The van der Waals surface area contributed by atoms with Crippen LogP contribution in [0.15, 0.2) is 30.3 Å². The topological polar surface area (TPSA) is 21.3 Å². The number of ether oxygens (including phenoxy) is 1. The zero-order valence-electron chi connectivity index (χ0n) is 12.7. The summed E-state index contributed by atoms with van der Waals surface area (Å²) in [6.45, 7) is 8.56. The lowest BCUT2D eigenvalue weighted by molar-refractivity contribution is 0.0528. The Labute approximate surface area is 118 Å². The second-order valence-corrected chi connectivity index (χ2v) is 5.36. The quantitative estimate of drug-likeness (QED) is 0.648. The van der Waals surface area contributed by atoms with Crippen LogP contribution in [0.25, 0.3) is 0 Å². The molecule has 0 saturated heterocycles. The van der Waals surface area contributed by atoms with Gasteiger partial charge in [-0.1, -0.05) is 37.3 Å². The van der Waals surface area contributed by atoms with Gasteiger partial charge in [-0.25, -0.2) is 0 Å². The minimum absolute atomic E-state index is 0.343. The minimum atomic E-state index is 0.343. The van der Waals surface area contributed by atoms with Crippen LogP contribution >= 0.6 is 0 Å². The number of nitrogens with one attached hydrogen (secondary N) is 1. The Bertz CT molecular complexity index is 312. The predicted octanol–water partition coefficient (Wildman–Crippen LogP) is 3.80. The van der Waals surface area contributed by atoms with Gasteiger partial charge in [0.2, 0.25) is 0 Å². The summed E-state index contributed by atoms with van der Waals surface area (Å²) in [7, 11) is 0. The van der Waals surface area contributed by atoms with Crippen molar-refractivity contribution in [3.63, 3.8) is 0 Å². The molecule has 2 heteroatoms. The van der Waals surface area contributed by atoms with Gasteiger partial charge < -0.3 is 10.1 Å². The van der Waals surface area contributed by atoms with Gasteiger partial charge in [0.1, 0.15) is 0 Å². The van der Waals surface area contributed by atoms with Crippen molar-refractivity contribution < 1.29 is 4.74 Å². The fourth-order valence-corrected chi connectivity index (χ4v) is 2.25. The monoisotopic (exact) mass is 263 g/mol. The second-order valence-electron chi connectivity index (χ2n) is 5.36. The minimum Gasteiger partial charge on any atom is -0.378 e. The van der Waals surface area contributed by atoms with Crippen LogP contribution in [-0.2, 0) is 11.2 Å². The molecule has 1 N–H and O–H groups in total. The molecule has 0 amide bonds. The number of benzene rings is 1. The smallest absolute Gasteiger partial charge is 0.0561 e. The molecular formula is C17H29NO. The lowest BCUT2D eigenvalue weighted by atomic mass is 10.1. The van der Waals surface area contributed by atoms with Gasteiger partial charge in [-0.2, -0.15) is 0 Å². The van der Waals surface area contributed by atoms with Crippen molar-refractivity contribution in [1.29, 1.82) is 0 Å². The first-order valence-electron chi connectivity index (χ1n) is 7.61. The largest absolute Gasteiger partial charge is 0.378 e. The summed E-state index contributed by atoms with van der Waals surface area (Å²) in [4.78, 5) is 0. The van der Waals surface area contributed by atoms with Crippen molar-refractivity contribution in [2.45, 2.75) is 58.6 Å². The van der Waals surface area contributed by atoms with E-state index in [1.165, 1.54) is 12.0 Å². The van der Waals surface area contributed by atoms with Crippen LogP contribution in [0.3, 0.4) is 0 Å². The Kier molecular flexibility index (Phi) is 8.52. The third kappa shape index (κ3) is 8.02. The maximum Gasteiger partial charge on any atom is 0.0561 e. The first kappa shape index (κ1) is 16.2. The zero-order valence-corrected chi connectivity index (χ0v) is 12.7. The van der Waals surface area contributed by atoms with Crippen LogP contribution in [0.1, 0.15) is 45.6 Å². The average Bonchev–Trinajstić information content (AvgIpc) is 2.42. The van der Waals surface area contributed by atoms with Crippen molar-refractivity contribution in [3.8, 4) is 0 Å². The van der Waals surface area contributed by atoms with Crippen molar-refractivity contribution in [1.82, 2.24) is 5.32 Å². The highest BCUT2D eigenvalue weighted by atomic mass is 16.5. The van der Waals surface area contributed by atoms with Gasteiger partial charge in [-0.05, 0) is 51.6 Å². The second kappa shape index (κ2) is 9.99. The maximum atomic E-state index is 5.87. The number of hydrogen-bond acceptors (Lipinski definition) is 2. The lowest BCUT2D eigenvalue weighted by Crippen LogP contribution is -2.30. The molecule has 0 aliphatic heterocycles. The summed E-state index contributed by atoms with van der Waals surface area (Å²) < 4.78 is 5.87. The molecule has 0 spiro atoms. The molecule has 19 heavy (non-hydrogen) atoms. The van der Waals surface area contributed by atoms with Gasteiger partial charge in [-0.15, -0.1) is 0 Å². The van der Waals surface area contributed by atoms with E-state index in [4.69, 9.17) is 4.74 Å². The van der Waals surface area contributed by atoms with E-state index in [9.17, 15) is 0 Å². The maximum absolute atomic E-state index is 5.87. The fraction of sp³-hybridized carbons (Fsp3) is 0.647. The zero-order chi connectivity index (χ0) is 13.9. The lowest BCUT2D eigenvalue weighted by Gasteiger charge is -2.19. The van der Waals surface area contributed by atoms with E-state index in [-0.39, 0.29) is 0 Å². The molecule has 0 radical (unpaired) electrons. The summed E-state index contributed by atoms with van der Waals surface area (Å²) >= 11 is 0. The van der Waals surface area contributed by atoms with Gasteiger partial charge in [0.15, 0.2) is 0 Å². The van der Waals surface area contributed by atoms with Crippen LogP contribution < -0.4 is 5.32 Å².